The molecule has 0 unspecified atom stereocenters. The van der Waals surface area contributed by atoms with E-state index in [0.717, 1.165) is 23.3 Å². The number of anilines is 2. The number of ether oxygens (including phenoxy) is 1. The van der Waals surface area contributed by atoms with Crippen molar-refractivity contribution >= 4 is 23.4 Å². The van der Waals surface area contributed by atoms with Crippen LogP contribution in [0.25, 0.3) is 0 Å². The normalized spacial score (nSPS) is 13.6. The summed E-state index contributed by atoms with van der Waals surface area (Å²) in [7, 11) is 0. The first-order chi connectivity index (χ1) is 18.1. The fraction of sp³-hybridized carbons (Fsp3) is 0.269. The van der Waals surface area contributed by atoms with Crippen LogP contribution in [0, 0.1) is 6.92 Å². The highest BCUT2D eigenvalue weighted by atomic mass is 19.4. The van der Waals surface area contributed by atoms with Gasteiger partial charge in [-0.2, -0.15) is 13.2 Å². The second-order valence-electron chi connectivity index (χ2n) is 8.66. The predicted molar refractivity (Wildman–Crippen MR) is 135 cm³/mol. The third-order valence-electron chi connectivity index (χ3n) is 5.90. The molecule has 2 aromatic carbocycles. The van der Waals surface area contributed by atoms with E-state index in [-0.39, 0.29) is 17.9 Å². The smallest absolute Gasteiger partial charge is 0.416 e. The zero-order valence-corrected chi connectivity index (χ0v) is 20.4. The van der Waals surface area contributed by atoms with E-state index in [0.29, 0.717) is 43.4 Å². The molecule has 38 heavy (non-hydrogen) atoms. The van der Waals surface area contributed by atoms with Crippen LogP contribution in [0.3, 0.4) is 0 Å². The van der Waals surface area contributed by atoms with Crippen LogP contribution < -0.4 is 25.6 Å². The summed E-state index contributed by atoms with van der Waals surface area (Å²) in [5.74, 6) is -0.366. The average Bonchev–Trinajstić information content (AvgIpc) is 2.89. The number of piperazine rings is 1. The van der Waals surface area contributed by atoms with Crippen LogP contribution in [-0.2, 0) is 12.7 Å². The topological polar surface area (TPSA) is 116 Å². The Balaban J connectivity index is 1.42. The maximum absolute atomic E-state index is 13.3. The number of aryl methyl sites for hydroxylation is 1. The highest BCUT2D eigenvalue weighted by molar-refractivity contribution is 5.93. The largest absolute Gasteiger partial charge is 0.477 e. The van der Waals surface area contributed by atoms with Gasteiger partial charge >= 0.3 is 18.2 Å². The van der Waals surface area contributed by atoms with Crippen molar-refractivity contribution < 1.29 is 32.6 Å². The Hall–Kier alpha value is -4.32. The lowest BCUT2D eigenvalue weighted by atomic mass is 10.1. The Kier molecular flexibility index (Phi) is 8.01. The lowest BCUT2D eigenvalue weighted by Crippen LogP contribution is -2.44. The number of benzene rings is 2. The predicted octanol–water partition coefficient (Wildman–Crippen LogP) is 4.63. The summed E-state index contributed by atoms with van der Waals surface area (Å²) >= 11 is 0. The number of nitrogens with one attached hydrogen (secondary N) is 3. The molecule has 1 aliphatic heterocycles. The number of aromatic nitrogens is 1. The molecule has 2 amide bonds. The Labute approximate surface area is 216 Å². The minimum Gasteiger partial charge on any atom is -0.477 e. The molecule has 0 bridgehead atoms. The van der Waals surface area contributed by atoms with Crippen LogP contribution in [0.4, 0.5) is 29.3 Å². The molecular formula is C26H26F3N5O4. The van der Waals surface area contributed by atoms with Crippen molar-refractivity contribution in [2.75, 3.05) is 36.4 Å². The molecule has 4 rings (SSSR count). The average molecular weight is 530 g/mol. The molecule has 9 nitrogen and oxygen atoms in total. The molecule has 1 aromatic heterocycles. The quantitative estimate of drug-likeness (QED) is 0.353. The van der Waals surface area contributed by atoms with Crippen LogP contribution in [0.5, 0.6) is 11.5 Å². The maximum atomic E-state index is 13.3. The second-order valence-corrected chi connectivity index (χ2v) is 8.66. The van der Waals surface area contributed by atoms with E-state index in [1.165, 1.54) is 24.4 Å². The van der Waals surface area contributed by atoms with Crippen molar-refractivity contribution in [1.82, 2.24) is 15.6 Å². The summed E-state index contributed by atoms with van der Waals surface area (Å²) < 4.78 is 45.7. The van der Waals surface area contributed by atoms with E-state index in [4.69, 9.17) is 9.84 Å². The molecule has 0 atom stereocenters. The number of carboxylic acids is 1. The van der Waals surface area contributed by atoms with Crippen molar-refractivity contribution in [3.63, 3.8) is 0 Å². The van der Waals surface area contributed by atoms with Crippen LogP contribution in [0.15, 0.2) is 54.7 Å². The van der Waals surface area contributed by atoms with Crippen LogP contribution >= 0.6 is 0 Å². The molecule has 1 fully saturated rings. The molecule has 1 aliphatic rings. The minimum atomic E-state index is -4.54. The number of aromatic carboxylic acids is 1. The van der Waals surface area contributed by atoms with Gasteiger partial charge in [-0.3, -0.25) is 0 Å². The van der Waals surface area contributed by atoms with Crippen LogP contribution in [0.1, 0.15) is 27.2 Å². The molecule has 200 valence electrons. The number of nitrogens with zero attached hydrogens (tertiary/aromatic N) is 2. The molecular weight excluding hydrogens is 503 g/mol. The Morgan fingerprint density at radius 1 is 1.11 bits per heavy atom. The van der Waals surface area contributed by atoms with Crippen molar-refractivity contribution in [1.29, 1.82) is 0 Å². The van der Waals surface area contributed by atoms with E-state index in [1.807, 2.05) is 4.90 Å². The summed E-state index contributed by atoms with van der Waals surface area (Å²) in [4.78, 5) is 29.4. The van der Waals surface area contributed by atoms with Gasteiger partial charge in [0.1, 0.15) is 11.5 Å². The van der Waals surface area contributed by atoms with Gasteiger partial charge in [-0.25, -0.2) is 14.6 Å². The molecule has 0 saturated carbocycles. The van der Waals surface area contributed by atoms with Gasteiger partial charge in [-0.05, 0) is 48.4 Å². The number of carbonyl (C=O) groups excluding carboxylic acids is 1. The Morgan fingerprint density at radius 3 is 2.55 bits per heavy atom. The minimum absolute atomic E-state index is 0.0808. The summed E-state index contributed by atoms with van der Waals surface area (Å²) in [5, 5.41) is 17.5. The fourth-order valence-electron chi connectivity index (χ4n) is 4.00. The first kappa shape index (κ1) is 26.7. The number of hydrogen-bond acceptors (Lipinski definition) is 6. The van der Waals surface area contributed by atoms with E-state index in [2.05, 4.69) is 20.9 Å². The van der Waals surface area contributed by atoms with E-state index < -0.39 is 23.7 Å². The zero-order chi connectivity index (χ0) is 27.3. The van der Waals surface area contributed by atoms with Crippen molar-refractivity contribution in [2.24, 2.45) is 0 Å². The molecule has 2 heterocycles. The lowest BCUT2D eigenvalue weighted by Gasteiger charge is -2.31. The number of halogens is 3. The number of hydrogen-bond donors (Lipinski definition) is 4. The number of carboxylic acid groups (broad SMARTS) is 1. The molecule has 3 aromatic rings. The van der Waals surface area contributed by atoms with Gasteiger partial charge in [-0.1, -0.05) is 12.1 Å². The number of pyridine rings is 1. The standard InChI is InChI=1S/C26H26F3N5O4/c1-16-12-17(2-5-23(16)38-19-6-7-31-21(14-19)24(35)36)15-32-25(37)33-20-13-18(26(27,28)29)3-4-22(20)34-10-8-30-9-11-34/h2-7,12-14,30H,8-11,15H2,1H3,(H,35,36)(H2,32,33,37). The summed E-state index contributed by atoms with van der Waals surface area (Å²) in [5.41, 5.74) is 1.08. The Bertz CT molecular complexity index is 1330. The first-order valence-corrected chi connectivity index (χ1v) is 11.8. The highest BCUT2D eigenvalue weighted by Crippen LogP contribution is 2.35. The van der Waals surface area contributed by atoms with Gasteiger partial charge in [0.15, 0.2) is 5.69 Å². The Morgan fingerprint density at radius 2 is 1.87 bits per heavy atom. The molecule has 4 N–H and O–H groups in total. The van der Waals surface area contributed by atoms with Gasteiger partial charge in [-0.15, -0.1) is 0 Å². The fourth-order valence-corrected chi connectivity index (χ4v) is 4.00. The van der Waals surface area contributed by atoms with E-state index in [9.17, 15) is 22.8 Å². The summed E-state index contributed by atoms with van der Waals surface area (Å²) in [6.07, 6.45) is -3.20. The molecule has 0 spiro atoms. The maximum Gasteiger partial charge on any atom is 0.416 e. The number of alkyl halides is 3. The number of amides is 2. The van der Waals surface area contributed by atoms with Gasteiger partial charge in [0, 0.05) is 45.0 Å². The van der Waals surface area contributed by atoms with E-state index >= 15 is 0 Å². The summed E-state index contributed by atoms with van der Waals surface area (Å²) in [6.45, 7) is 4.49. The summed E-state index contributed by atoms with van der Waals surface area (Å²) in [6, 6.07) is 10.7. The lowest BCUT2D eigenvalue weighted by molar-refractivity contribution is -0.137. The van der Waals surface area contributed by atoms with Gasteiger partial charge in [0.25, 0.3) is 0 Å². The highest BCUT2D eigenvalue weighted by Gasteiger charge is 2.32. The van der Waals surface area contributed by atoms with Crippen LogP contribution in [-0.4, -0.2) is 48.3 Å². The van der Waals surface area contributed by atoms with Crippen molar-refractivity contribution in [3.05, 3.63) is 77.1 Å². The second kappa shape index (κ2) is 11.4. The molecule has 12 heteroatoms. The van der Waals surface area contributed by atoms with Crippen molar-refractivity contribution in [3.8, 4) is 11.5 Å². The SMILES string of the molecule is Cc1cc(CNC(=O)Nc2cc(C(F)(F)F)ccc2N2CCNCC2)ccc1Oc1ccnc(C(=O)O)c1. The number of carbonyl (C=O) groups is 2. The number of rotatable bonds is 7. The first-order valence-electron chi connectivity index (χ1n) is 11.8. The third kappa shape index (κ3) is 6.71. The molecule has 0 radical (unpaired) electrons. The van der Waals surface area contributed by atoms with Crippen molar-refractivity contribution in [2.45, 2.75) is 19.6 Å². The van der Waals surface area contributed by atoms with E-state index in [1.54, 1.807) is 25.1 Å². The molecule has 0 aliphatic carbocycles. The third-order valence-corrected chi connectivity index (χ3v) is 5.90. The van der Waals surface area contributed by atoms with Gasteiger partial charge < -0.3 is 30.7 Å². The van der Waals surface area contributed by atoms with Gasteiger partial charge in [0.05, 0.1) is 16.9 Å². The van der Waals surface area contributed by atoms with Crippen LogP contribution in [0.2, 0.25) is 0 Å². The monoisotopic (exact) mass is 529 g/mol. The van der Waals surface area contributed by atoms with Gasteiger partial charge in [0.2, 0.25) is 0 Å². The molecule has 1 saturated heterocycles. The zero-order valence-electron chi connectivity index (χ0n) is 20.4. The number of urea groups is 1.